The van der Waals surface area contributed by atoms with Crippen molar-refractivity contribution >= 4 is 28.9 Å². The quantitative estimate of drug-likeness (QED) is 0.699. The summed E-state index contributed by atoms with van der Waals surface area (Å²) in [6.07, 6.45) is 1.36. The third-order valence-corrected chi connectivity index (χ3v) is 3.50. The third kappa shape index (κ3) is 4.17. The molecule has 1 heterocycles. The van der Waals surface area contributed by atoms with E-state index in [1.807, 2.05) is 24.3 Å². The van der Waals surface area contributed by atoms with Crippen LogP contribution in [0.25, 0.3) is 0 Å². The first-order valence-electron chi connectivity index (χ1n) is 7.12. The summed E-state index contributed by atoms with van der Waals surface area (Å²) in [7, 11) is 0. The maximum atomic E-state index is 13.7. The summed E-state index contributed by atoms with van der Waals surface area (Å²) in [5.41, 5.74) is 1.18. The molecular weight excluding hydrogens is 334 g/mol. The maximum Gasteiger partial charge on any atom is 0.149 e. The molecule has 0 saturated carbocycles. The molecule has 2 aromatic carbocycles. The molecule has 1 aromatic heterocycles. The van der Waals surface area contributed by atoms with Crippen LogP contribution in [0.2, 0.25) is 5.02 Å². The van der Waals surface area contributed by atoms with E-state index in [0.717, 1.165) is 11.6 Å². The summed E-state index contributed by atoms with van der Waals surface area (Å²) in [6.45, 7) is 0.554. The Balaban J connectivity index is 1.68. The molecule has 0 bridgehead atoms. The molecule has 7 heteroatoms. The van der Waals surface area contributed by atoms with Crippen molar-refractivity contribution in [1.82, 2.24) is 9.97 Å². The van der Waals surface area contributed by atoms with Crippen molar-refractivity contribution in [2.45, 2.75) is 6.54 Å². The van der Waals surface area contributed by atoms with Crippen molar-refractivity contribution < 1.29 is 8.78 Å². The Morgan fingerprint density at radius 1 is 0.917 bits per heavy atom. The Morgan fingerprint density at radius 3 is 2.42 bits per heavy atom. The fraction of sp³-hybridized carbons (Fsp3) is 0.0588. The summed E-state index contributed by atoms with van der Waals surface area (Å²) in [6, 6.07) is 12.4. The van der Waals surface area contributed by atoms with E-state index in [1.165, 1.54) is 18.5 Å². The van der Waals surface area contributed by atoms with Crippen molar-refractivity contribution in [2.24, 2.45) is 0 Å². The Kier molecular flexibility index (Phi) is 4.86. The standard InChI is InChI=1S/C17H13ClF2N4/c18-12-3-1-11(2-4-12)9-21-16-8-17(23-10-22-16)24-15-6-5-13(19)7-14(15)20/h1-8,10H,9H2,(H2,21,22,23,24). The lowest BCUT2D eigenvalue weighted by molar-refractivity contribution is 0.586. The highest BCUT2D eigenvalue weighted by Crippen LogP contribution is 2.20. The van der Waals surface area contributed by atoms with Crippen LogP contribution in [-0.2, 0) is 6.54 Å². The van der Waals surface area contributed by atoms with E-state index in [2.05, 4.69) is 20.6 Å². The molecule has 122 valence electrons. The van der Waals surface area contributed by atoms with Gasteiger partial charge in [-0.3, -0.25) is 0 Å². The highest BCUT2D eigenvalue weighted by atomic mass is 35.5. The lowest BCUT2D eigenvalue weighted by Gasteiger charge is -2.09. The number of nitrogens with one attached hydrogen (secondary N) is 2. The van der Waals surface area contributed by atoms with Gasteiger partial charge in [0.2, 0.25) is 0 Å². The van der Waals surface area contributed by atoms with Crippen LogP contribution in [0.5, 0.6) is 0 Å². The van der Waals surface area contributed by atoms with Crippen LogP contribution in [0, 0.1) is 11.6 Å². The fourth-order valence-corrected chi connectivity index (χ4v) is 2.17. The normalized spacial score (nSPS) is 10.5. The van der Waals surface area contributed by atoms with Gasteiger partial charge < -0.3 is 10.6 Å². The van der Waals surface area contributed by atoms with Crippen molar-refractivity contribution in [3.05, 3.63) is 77.1 Å². The smallest absolute Gasteiger partial charge is 0.149 e. The molecule has 0 unspecified atom stereocenters. The lowest BCUT2D eigenvalue weighted by Crippen LogP contribution is -2.03. The number of nitrogens with zero attached hydrogens (tertiary/aromatic N) is 2. The molecule has 0 aliphatic heterocycles. The Hall–Kier alpha value is -2.73. The zero-order valence-electron chi connectivity index (χ0n) is 12.4. The molecule has 0 aliphatic rings. The number of benzene rings is 2. The molecule has 0 amide bonds. The van der Waals surface area contributed by atoms with Gasteiger partial charge >= 0.3 is 0 Å². The van der Waals surface area contributed by atoms with Gasteiger partial charge in [-0.2, -0.15) is 0 Å². The average Bonchev–Trinajstić information content (AvgIpc) is 2.57. The van der Waals surface area contributed by atoms with Gasteiger partial charge in [-0.05, 0) is 29.8 Å². The van der Waals surface area contributed by atoms with Gasteiger partial charge in [0, 0.05) is 23.7 Å². The van der Waals surface area contributed by atoms with Crippen molar-refractivity contribution in [2.75, 3.05) is 10.6 Å². The molecule has 0 saturated heterocycles. The maximum absolute atomic E-state index is 13.7. The summed E-state index contributed by atoms with van der Waals surface area (Å²) >= 11 is 5.85. The second-order valence-electron chi connectivity index (χ2n) is 5.02. The molecule has 0 radical (unpaired) electrons. The minimum absolute atomic E-state index is 0.138. The number of aromatic nitrogens is 2. The fourth-order valence-electron chi connectivity index (χ4n) is 2.05. The Bertz CT molecular complexity index is 840. The number of hydrogen-bond donors (Lipinski definition) is 2. The van der Waals surface area contributed by atoms with Crippen LogP contribution in [-0.4, -0.2) is 9.97 Å². The molecule has 3 rings (SSSR count). The van der Waals surface area contributed by atoms with Gasteiger partial charge in [-0.15, -0.1) is 0 Å². The van der Waals surface area contributed by atoms with Gasteiger partial charge in [-0.25, -0.2) is 18.7 Å². The summed E-state index contributed by atoms with van der Waals surface area (Å²) < 4.78 is 26.6. The van der Waals surface area contributed by atoms with Gasteiger partial charge in [0.1, 0.15) is 29.6 Å². The topological polar surface area (TPSA) is 49.8 Å². The molecule has 0 aliphatic carbocycles. The molecule has 0 spiro atoms. The summed E-state index contributed by atoms with van der Waals surface area (Å²) in [4.78, 5) is 8.13. The van der Waals surface area contributed by atoms with E-state index in [1.54, 1.807) is 6.07 Å². The van der Waals surface area contributed by atoms with Crippen LogP contribution in [0.1, 0.15) is 5.56 Å². The summed E-state index contributed by atoms with van der Waals surface area (Å²) in [5.74, 6) is -0.352. The summed E-state index contributed by atoms with van der Waals surface area (Å²) in [5, 5.41) is 6.61. The lowest BCUT2D eigenvalue weighted by atomic mass is 10.2. The van der Waals surface area contributed by atoms with Crippen LogP contribution < -0.4 is 10.6 Å². The molecular formula is C17H13ClF2N4. The largest absolute Gasteiger partial charge is 0.366 e. The van der Waals surface area contributed by atoms with E-state index in [4.69, 9.17) is 11.6 Å². The SMILES string of the molecule is Fc1ccc(Nc2cc(NCc3ccc(Cl)cc3)ncn2)c(F)c1. The van der Waals surface area contributed by atoms with Crippen molar-refractivity contribution in [1.29, 1.82) is 0 Å². The van der Waals surface area contributed by atoms with E-state index >= 15 is 0 Å². The van der Waals surface area contributed by atoms with E-state index in [0.29, 0.717) is 23.2 Å². The number of hydrogen-bond acceptors (Lipinski definition) is 4. The van der Waals surface area contributed by atoms with Gasteiger partial charge in [0.05, 0.1) is 5.69 Å². The first-order valence-corrected chi connectivity index (χ1v) is 7.50. The number of rotatable bonds is 5. The Labute approximate surface area is 142 Å². The van der Waals surface area contributed by atoms with Crippen LogP contribution in [0.4, 0.5) is 26.1 Å². The molecule has 24 heavy (non-hydrogen) atoms. The van der Waals surface area contributed by atoms with E-state index in [-0.39, 0.29) is 5.69 Å². The van der Waals surface area contributed by atoms with E-state index in [9.17, 15) is 8.78 Å². The van der Waals surface area contributed by atoms with Gasteiger partial charge in [0.15, 0.2) is 0 Å². The first kappa shape index (κ1) is 16.1. The van der Waals surface area contributed by atoms with Crippen LogP contribution >= 0.6 is 11.6 Å². The second kappa shape index (κ2) is 7.23. The highest BCUT2D eigenvalue weighted by Gasteiger charge is 2.06. The second-order valence-corrected chi connectivity index (χ2v) is 5.45. The van der Waals surface area contributed by atoms with Gasteiger partial charge in [-0.1, -0.05) is 23.7 Å². The third-order valence-electron chi connectivity index (χ3n) is 3.25. The molecule has 0 atom stereocenters. The van der Waals surface area contributed by atoms with Crippen LogP contribution in [0.3, 0.4) is 0 Å². The predicted molar refractivity (Wildman–Crippen MR) is 90.5 cm³/mol. The van der Waals surface area contributed by atoms with Crippen molar-refractivity contribution in [3.8, 4) is 0 Å². The number of anilines is 3. The average molecular weight is 347 g/mol. The van der Waals surface area contributed by atoms with Crippen molar-refractivity contribution in [3.63, 3.8) is 0 Å². The molecule has 4 nitrogen and oxygen atoms in total. The zero-order valence-corrected chi connectivity index (χ0v) is 13.2. The van der Waals surface area contributed by atoms with Gasteiger partial charge in [0.25, 0.3) is 0 Å². The Morgan fingerprint density at radius 2 is 1.67 bits per heavy atom. The number of halogens is 3. The minimum atomic E-state index is -0.690. The van der Waals surface area contributed by atoms with Crippen LogP contribution in [0.15, 0.2) is 54.9 Å². The molecule has 0 fully saturated rings. The first-order chi connectivity index (χ1) is 11.6. The highest BCUT2D eigenvalue weighted by molar-refractivity contribution is 6.30. The molecule has 3 aromatic rings. The zero-order chi connectivity index (χ0) is 16.9. The monoisotopic (exact) mass is 346 g/mol. The minimum Gasteiger partial charge on any atom is -0.366 e. The molecule has 2 N–H and O–H groups in total. The predicted octanol–water partition coefficient (Wildman–Crippen LogP) is 4.76. The van der Waals surface area contributed by atoms with E-state index < -0.39 is 11.6 Å².